The number of anilines is 1. The van der Waals surface area contributed by atoms with Crippen molar-refractivity contribution in [3.05, 3.63) is 57.2 Å². The molecule has 0 radical (unpaired) electrons. The molecule has 0 unspecified atom stereocenters. The number of hydrogen-bond acceptors (Lipinski definition) is 5. The fourth-order valence-electron chi connectivity index (χ4n) is 2.55. The van der Waals surface area contributed by atoms with Gasteiger partial charge in [-0.15, -0.1) is 35.1 Å². The van der Waals surface area contributed by atoms with E-state index in [0.717, 1.165) is 28.4 Å². The molecule has 3 N–H and O–H groups in total. The minimum Gasteiger partial charge on any atom is -0.399 e. The number of nitrogens with one attached hydrogen (secondary N) is 1. The highest BCUT2D eigenvalue weighted by molar-refractivity contribution is 7.16. The van der Waals surface area contributed by atoms with Crippen LogP contribution >= 0.6 is 35.1 Å². The molecule has 0 aliphatic rings. The van der Waals surface area contributed by atoms with Crippen LogP contribution in [0.5, 0.6) is 0 Å². The number of thiazole rings is 1. The molecular formula is C19H22ClN3OS2. The number of halogens is 1. The number of benzene rings is 1. The van der Waals surface area contributed by atoms with Crippen LogP contribution in [0.15, 0.2) is 41.8 Å². The maximum atomic E-state index is 12.0. The third-order valence-electron chi connectivity index (χ3n) is 3.90. The zero-order chi connectivity index (χ0) is 17.6. The maximum Gasteiger partial charge on any atom is 0.220 e. The predicted octanol–water partition coefficient (Wildman–Crippen LogP) is 4.48. The van der Waals surface area contributed by atoms with Crippen molar-refractivity contribution >= 4 is 46.7 Å². The van der Waals surface area contributed by atoms with Crippen LogP contribution in [0.25, 0.3) is 10.6 Å². The van der Waals surface area contributed by atoms with E-state index in [4.69, 9.17) is 5.73 Å². The number of para-hydroxylation sites is 1. The summed E-state index contributed by atoms with van der Waals surface area (Å²) in [6.45, 7) is 2.67. The van der Waals surface area contributed by atoms with Gasteiger partial charge in [-0.3, -0.25) is 4.79 Å². The van der Waals surface area contributed by atoms with Gasteiger partial charge in [0, 0.05) is 28.9 Å². The highest BCUT2D eigenvalue weighted by atomic mass is 35.5. The lowest BCUT2D eigenvalue weighted by molar-refractivity contribution is -0.121. The number of nitrogen functional groups attached to an aromatic ring is 1. The SMILES string of the molecule is Cc1nc(-c2ccc(CCNC(=O)CCc3ccccc3N)s2)cs1.Cl. The van der Waals surface area contributed by atoms with E-state index in [-0.39, 0.29) is 18.3 Å². The number of thiophene rings is 1. The molecule has 0 spiro atoms. The Labute approximate surface area is 167 Å². The summed E-state index contributed by atoms with van der Waals surface area (Å²) in [7, 11) is 0. The van der Waals surface area contributed by atoms with Gasteiger partial charge in [0.2, 0.25) is 5.91 Å². The molecule has 26 heavy (non-hydrogen) atoms. The van der Waals surface area contributed by atoms with Gasteiger partial charge in [-0.05, 0) is 43.5 Å². The average molecular weight is 408 g/mol. The third kappa shape index (κ3) is 5.56. The second-order valence-corrected chi connectivity index (χ2v) is 8.05. The summed E-state index contributed by atoms with van der Waals surface area (Å²) >= 11 is 3.40. The minimum atomic E-state index is 0. The molecule has 138 valence electrons. The summed E-state index contributed by atoms with van der Waals surface area (Å²) < 4.78 is 0. The van der Waals surface area contributed by atoms with Crippen LogP contribution in [0, 0.1) is 6.92 Å². The topological polar surface area (TPSA) is 68.0 Å². The standard InChI is InChI=1S/C19H21N3OS2.ClH/c1-13-22-17(12-24-13)18-8-7-15(25-18)10-11-21-19(23)9-6-14-4-2-3-5-16(14)20;/h2-5,7-8,12H,6,9-11,20H2,1H3,(H,21,23);1H. The zero-order valence-electron chi connectivity index (χ0n) is 14.5. The van der Waals surface area contributed by atoms with E-state index in [1.807, 2.05) is 31.2 Å². The number of hydrogen-bond donors (Lipinski definition) is 2. The number of amides is 1. The van der Waals surface area contributed by atoms with Crippen molar-refractivity contribution < 1.29 is 4.79 Å². The number of nitrogens with two attached hydrogens (primary N) is 1. The van der Waals surface area contributed by atoms with Gasteiger partial charge < -0.3 is 11.1 Å². The van der Waals surface area contributed by atoms with Gasteiger partial charge in [-0.1, -0.05) is 18.2 Å². The molecule has 1 aromatic carbocycles. The fourth-order valence-corrected chi connectivity index (χ4v) is 4.21. The van der Waals surface area contributed by atoms with Gasteiger partial charge in [0.25, 0.3) is 0 Å². The second kappa shape index (κ2) is 9.71. The lowest BCUT2D eigenvalue weighted by Crippen LogP contribution is -2.25. The van der Waals surface area contributed by atoms with E-state index in [9.17, 15) is 4.79 Å². The van der Waals surface area contributed by atoms with Gasteiger partial charge in [-0.25, -0.2) is 4.98 Å². The summed E-state index contributed by atoms with van der Waals surface area (Å²) in [5, 5.41) is 6.15. The number of aromatic nitrogens is 1. The van der Waals surface area contributed by atoms with Crippen molar-refractivity contribution in [3.8, 4) is 10.6 Å². The first kappa shape index (κ1) is 20.4. The molecule has 4 nitrogen and oxygen atoms in total. The molecule has 0 atom stereocenters. The Kier molecular flexibility index (Phi) is 7.63. The van der Waals surface area contributed by atoms with Crippen molar-refractivity contribution in [2.24, 2.45) is 0 Å². The first-order valence-electron chi connectivity index (χ1n) is 8.23. The molecule has 0 aliphatic carbocycles. The van der Waals surface area contributed by atoms with Crippen molar-refractivity contribution in [2.45, 2.75) is 26.2 Å². The zero-order valence-corrected chi connectivity index (χ0v) is 17.0. The number of rotatable bonds is 7. The van der Waals surface area contributed by atoms with Crippen molar-refractivity contribution in [1.29, 1.82) is 0 Å². The predicted molar refractivity (Wildman–Crippen MR) is 113 cm³/mol. The van der Waals surface area contributed by atoms with Gasteiger partial charge in [0.1, 0.15) is 0 Å². The molecule has 0 saturated carbocycles. The lowest BCUT2D eigenvalue weighted by atomic mass is 10.1. The third-order valence-corrected chi connectivity index (χ3v) is 5.84. The maximum absolute atomic E-state index is 12.0. The average Bonchev–Trinajstić information content (AvgIpc) is 3.23. The van der Waals surface area contributed by atoms with Crippen LogP contribution in [0.4, 0.5) is 5.69 Å². The van der Waals surface area contributed by atoms with E-state index in [0.29, 0.717) is 19.4 Å². The molecule has 3 rings (SSSR count). The minimum absolute atomic E-state index is 0. The van der Waals surface area contributed by atoms with E-state index < -0.39 is 0 Å². The number of aryl methyl sites for hydroxylation is 2. The van der Waals surface area contributed by atoms with Crippen molar-refractivity contribution in [2.75, 3.05) is 12.3 Å². The molecule has 0 bridgehead atoms. The molecule has 2 aromatic heterocycles. The Morgan fingerprint density at radius 3 is 2.73 bits per heavy atom. The van der Waals surface area contributed by atoms with Gasteiger partial charge in [0.15, 0.2) is 0 Å². The molecular weight excluding hydrogens is 386 g/mol. The molecule has 2 heterocycles. The first-order chi connectivity index (χ1) is 12.1. The molecule has 0 saturated heterocycles. The number of carbonyl (C=O) groups is 1. The molecule has 0 aliphatic heterocycles. The molecule has 7 heteroatoms. The number of nitrogens with zero attached hydrogens (tertiary/aromatic N) is 1. The Hall–Kier alpha value is -1.89. The molecule has 0 fully saturated rings. The van der Waals surface area contributed by atoms with Crippen LogP contribution in [0.3, 0.4) is 0 Å². The smallest absolute Gasteiger partial charge is 0.220 e. The lowest BCUT2D eigenvalue weighted by Gasteiger charge is -2.06. The Morgan fingerprint density at radius 1 is 1.19 bits per heavy atom. The molecule has 1 amide bonds. The van der Waals surface area contributed by atoms with Crippen LogP contribution in [-0.2, 0) is 17.6 Å². The summed E-state index contributed by atoms with van der Waals surface area (Å²) in [6, 6.07) is 11.9. The van der Waals surface area contributed by atoms with Gasteiger partial charge in [0.05, 0.1) is 15.6 Å². The van der Waals surface area contributed by atoms with E-state index >= 15 is 0 Å². The van der Waals surface area contributed by atoms with Gasteiger partial charge in [-0.2, -0.15) is 0 Å². The summed E-state index contributed by atoms with van der Waals surface area (Å²) in [5.74, 6) is 0.0650. The Bertz CT molecular complexity index is 860. The Morgan fingerprint density at radius 2 is 2.00 bits per heavy atom. The highest BCUT2D eigenvalue weighted by Gasteiger charge is 2.07. The summed E-state index contributed by atoms with van der Waals surface area (Å²) in [5.41, 5.74) is 8.72. The highest BCUT2D eigenvalue weighted by Crippen LogP contribution is 2.29. The second-order valence-electron chi connectivity index (χ2n) is 5.82. The monoisotopic (exact) mass is 407 g/mol. The van der Waals surface area contributed by atoms with E-state index in [1.165, 1.54) is 9.75 Å². The van der Waals surface area contributed by atoms with Crippen molar-refractivity contribution in [3.63, 3.8) is 0 Å². The quantitative estimate of drug-likeness (QED) is 0.567. The van der Waals surface area contributed by atoms with Crippen molar-refractivity contribution in [1.82, 2.24) is 10.3 Å². The van der Waals surface area contributed by atoms with E-state index in [2.05, 4.69) is 27.8 Å². The largest absolute Gasteiger partial charge is 0.399 e. The Balaban J connectivity index is 0.00000243. The summed E-state index contributed by atoms with van der Waals surface area (Å²) in [4.78, 5) is 18.9. The number of carbonyl (C=O) groups excluding carboxylic acids is 1. The fraction of sp³-hybridized carbons (Fsp3) is 0.263. The normalized spacial score (nSPS) is 10.3. The van der Waals surface area contributed by atoms with Crippen LogP contribution in [0.1, 0.15) is 21.9 Å². The van der Waals surface area contributed by atoms with Crippen LogP contribution in [-0.4, -0.2) is 17.4 Å². The van der Waals surface area contributed by atoms with E-state index in [1.54, 1.807) is 22.7 Å². The molecule has 3 aromatic rings. The van der Waals surface area contributed by atoms with Crippen LogP contribution < -0.4 is 11.1 Å². The first-order valence-corrected chi connectivity index (χ1v) is 9.93. The summed E-state index contributed by atoms with van der Waals surface area (Å²) in [6.07, 6.45) is 1.97. The van der Waals surface area contributed by atoms with Gasteiger partial charge >= 0.3 is 0 Å². The van der Waals surface area contributed by atoms with Crippen LogP contribution in [0.2, 0.25) is 0 Å².